The number of carbonyl (C=O) groups is 1. The van der Waals surface area contributed by atoms with Gasteiger partial charge in [-0.05, 0) is 44.7 Å². The van der Waals surface area contributed by atoms with Gasteiger partial charge in [-0.2, -0.15) is 0 Å². The van der Waals surface area contributed by atoms with Crippen molar-refractivity contribution in [3.63, 3.8) is 0 Å². The Morgan fingerprint density at radius 1 is 1.48 bits per heavy atom. The molecule has 27 heavy (non-hydrogen) atoms. The summed E-state index contributed by atoms with van der Waals surface area (Å²) in [7, 11) is 1.82. The van der Waals surface area contributed by atoms with E-state index in [4.69, 9.17) is 16.3 Å². The fourth-order valence-electron chi connectivity index (χ4n) is 3.76. The van der Waals surface area contributed by atoms with E-state index in [1.165, 1.54) is 18.9 Å². The van der Waals surface area contributed by atoms with E-state index in [0.717, 1.165) is 0 Å². The average Bonchev–Trinajstić information content (AvgIpc) is 3.47. The molecule has 3 rings (SSSR count). The third-order valence-corrected chi connectivity index (χ3v) is 6.06. The molecule has 2 fully saturated rings. The molecule has 1 heterocycles. The highest BCUT2D eigenvalue weighted by Crippen LogP contribution is 2.35. The lowest BCUT2D eigenvalue weighted by Gasteiger charge is -2.38. The van der Waals surface area contributed by atoms with E-state index in [-0.39, 0.29) is 30.0 Å². The van der Waals surface area contributed by atoms with Crippen molar-refractivity contribution in [2.75, 3.05) is 33.3 Å². The summed E-state index contributed by atoms with van der Waals surface area (Å²) in [5, 5.41) is 3.37. The van der Waals surface area contributed by atoms with Crippen LogP contribution in [0.1, 0.15) is 38.3 Å². The molecular formula is C20H29ClFN3O2. The molecule has 0 spiro atoms. The molecule has 150 valence electrons. The number of halogens is 2. The quantitative estimate of drug-likeness (QED) is 0.796. The van der Waals surface area contributed by atoms with Crippen LogP contribution >= 0.6 is 11.6 Å². The van der Waals surface area contributed by atoms with Crippen molar-refractivity contribution in [1.82, 2.24) is 15.1 Å². The predicted molar refractivity (Wildman–Crippen MR) is 104 cm³/mol. The zero-order chi connectivity index (χ0) is 19.6. The van der Waals surface area contributed by atoms with E-state index in [1.807, 2.05) is 14.0 Å². The molecule has 1 aromatic carbocycles. The lowest BCUT2D eigenvalue weighted by atomic mass is 10.0. The standard InChI is InChI=1S/C20H29ClFN3O2/c1-13-12-25(9-10-27-13)18(19-16(21)5-4-6-17(19)22)11-23-20(26)24(3)14(2)15-7-8-15/h4-6,13-15,18H,7-12H2,1-3H3,(H,23,26). The second-order valence-corrected chi connectivity index (χ2v) is 8.11. The van der Waals surface area contributed by atoms with Crippen LogP contribution in [0.2, 0.25) is 5.02 Å². The van der Waals surface area contributed by atoms with Crippen LogP contribution in [-0.2, 0) is 4.74 Å². The van der Waals surface area contributed by atoms with Crippen molar-refractivity contribution < 1.29 is 13.9 Å². The van der Waals surface area contributed by atoms with Crippen molar-refractivity contribution in [2.45, 2.75) is 44.9 Å². The minimum atomic E-state index is -0.347. The Hall–Kier alpha value is -1.37. The molecule has 1 saturated heterocycles. The monoisotopic (exact) mass is 397 g/mol. The molecule has 0 radical (unpaired) electrons. The van der Waals surface area contributed by atoms with E-state index >= 15 is 0 Å². The maximum Gasteiger partial charge on any atom is 0.317 e. The number of morpholine rings is 1. The van der Waals surface area contributed by atoms with Gasteiger partial charge in [0, 0.05) is 43.3 Å². The van der Waals surface area contributed by atoms with Crippen LogP contribution < -0.4 is 5.32 Å². The minimum absolute atomic E-state index is 0.0556. The number of nitrogens with zero attached hydrogens (tertiary/aromatic N) is 2. The Balaban J connectivity index is 1.74. The van der Waals surface area contributed by atoms with E-state index in [2.05, 4.69) is 17.1 Å². The summed E-state index contributed by atoms with van der Waals surface area (Å²) in [6.07, 6.45) is 2.41. The molecule has 5 nitrogen and oxygen atoms in total. The molecule has 1 saturated carbocycles. The SMILES string of the molecule is CC1CN(C(CNC(=O)N(C)C(C)C2CC2)c2c(F)cccc2Cl)CCO1. The number of hydrogen-bond acceptors (Lipinski definition) is 3. The number of carbonyl (C=O) groups excluding carboxylic acids is 1. The summed E-state index contributed by atoms with van der Waals surface area (Å²) < 4.78 is 20.2. The maximum absolute atomic E-state index is 14.6. The first-order valence-electron chi connectivity index (χ1n) is 9.68. The first kappa shape index (κ1) is 20.4. The van der Waals surface area contributed by atoms with Crippen LogP contribution in [0, 0.1) is 11.7 Å². The first-order chi connectivity index (χ1) is 12.9. The molecule has 3 atom stereocenters. The summed E-state index contributed by atoms with van der Waals surface area (Å²) in [6, 6.07) is 4.46. The second kappa shape index (κ2) is 8.76. The molecule has 1 aliphatic heterocycles. The molecule has 2 aliphatic rings. The number of rotatable bonds is 6. The number of nitrogens with one attached hydrogen (secondary N) is 1. The van der Waals surface area contributed by atoms with Gasteiger partial charge < -0.3 is 15.0 Å². The smallest absolute Gasteiger partial charge is 0.317 e. The minimum Gasteiger partial charge on any atom is -0.376 e. The van der Waals surface area contributed by atoms with Crippen LogP contribution in [-0.4, -0.2) is 61.3 Å². The fourth-order valence-corrected chi connectivity index (χ4v) is 4.05. The van der Waals surface area contributed by atoms with Crippen LogP contribution in [0.3, 0.4) is 0 Å². The van der Waals surface area contributed by atoms with Crippen LogP contribution in [0.4, 0.5) is 9.18 Å². The third kappa shape index (κ3) is 4.92. The molecule has 1 aliphatic carbocycles. The number of hydrogen-bond donors (Lipinski definition) is 1. The number of urea groups is 1. The Kier molecular flexibility index (Phi) is 6.61. The molecule has 0 bridgehead atoms. The number of amides is 2. The molecular weight excluding hydrogens is 369 g/mol. The zero-order valence-electron chi connectivity index (χ0n) is 16.3. The Labute approximate surface area is 165 Å². The second-order valence-electron chi connectivity index (χ2n) is 7.70. The topological polar surface area (TPSA) is 44.8 Å². The average molecular weight is 398 g/mol. The molecule has 3 unspecified atom stereocenters. The van der Waals surface area contributed by atoms with Gasteiger partial charge in [0.15, 0.2) is 0 Å². The van der Waals surface area contributed by atoms with Crippen molar-refractivity contribution in [3.05, 3.63) is 34.6 Å². The summed E-state index contributed by atoms with van der Waals surface area (Å²) in [5.74, 6) is 0.248. The van der Waals surface area contributed by atoms with Gasteiger partial charge in [-0.25, -0.2) is 9.18 Å². The van der Waals surface area contributed by atoms with E-state index < -0.39 is 0 Å². The first-order valence-corrected chi connectivity index (χ1v) is 10.1. The summed E-state index contributed by atoms with van der Waals surface area (Å²) in [6.45, 7) is 6.29. The van der Waals surface area contributed by atoms with E-state index in [1.54, 1.807) is 17.0 Å². The molecule has 7 heteroatoms. The highest BCUT2D eigenvalue weighted by Gasteiger charge is 2.34. The largest absolute Gasteiger partial charge is 0.376 e. The lowest BCUT2D eigenvalue weighted by Crippen LogP contribution is -2.49. The maximum atomic E-state index is 14.6. The summed E-state index contributed by atoms with van der Waals surface area (Å²) in [5.41, 5.74) is 0.437. The van der Waals surface area contributed by atoms with Crippen LogP contribution in [0.5, 0.6) is 0 Å². The Bertz CT molecular complexity index is 650. The van der Waals surface area contributed by atoms with Gasteiger partial charge >= 0.3 is 6.03 Å². The van der Waals surface area contributed by atoms with Gasteiger partial charge in [0.2, 0.25) is 0 Å². The third-order valence-electron chi connectivity index (χ3n) is 5.73. The molecule has 2 amide bonds. The Morgan fingerprint density at radius 3 is 2.85 bits per heavy atom. The Morgan fingerprint density at radius 2 is 2.22 bits per heavy atom. The summed E-state index contributed by atoms with van der Waals surface area (Å²) in [4.78, 5) is 16.5. The van der Waals surface area contributed by atoms with Gasteiger partial charge in [0.25, 0.3) is 0 Å². The molecule has 1 aromatic rings. The van der Waals surface area contributed by atoms with Crippen molar-refractivity contribution in [1.29, 1.82) is 0 Å². The van der Waals surface area contributed by atoms with Gasteiger partial charge in [0.05, 0.1) is 18.8 Å². The zero-order valence-corrected chi connectivity index (χ0v) is 17.0. The van der Waals surface area contributed by atoms with Crippen LogP contribution in [0.15, 0.2) is 18.2 Å². The molecule has 0 aromatic heterocycles. The van der Waals surface area contributed by atoms with E-state index in [0.29, 0.717) is 42.7 Å². The molecule has 1 N–H and O–H groups in total. The van der Waals surface area contributed by atoms with Gasteiger partial charge in [0.1, 0.15) is 5.82 Å². The lowest BCUT2D eigenvalue weighted by molar-refractivity contribution is -0.0346. The number of ether oxygens (including phenoxy) is 1. The predicted octanol–water partition coefficient (Wildman–Crippen LogP) is 3.68. The number of benzene rings is 1. The van der Waals surface area contributed by atoms with Crippen molar-refractivity contribution in [2.24, 2.45) is 5.92 Å². The highest BCUT2D eigenvalue weighted by atomic mass is 35.5. The van der Waals surface area contributed by atoms with E-state index in [9.17, 15) is 9.18 Å². The van der Waals surface area contributed by atoms with Crippen molar-refractivity contribution in [3.8, 4) is 0 Å². The van der Waals surface area contributed by atoms with Crippen LogP contribution in [0.25, 0.3) is 0 Å². The van der Waals surface area contributed by atoms with Gasteiger partial charge in [-0.15, -0.1) is 0 Å². The van der Waals surface area contributed by atoms with Gasteiger partial charge in [-0.3, -0.25) is 4.90 Å². The van der Waals surface area contributed by atoms with Gasteiger partial charge in [-0.1, -0.05) is 17.7 Å². The summed E-state index contributed by atoms with van der Waals surface area (Å²) >= 11 is 6.34. The fraction of sp³-hybridized carbons (Fsp3) is 0.650. The normalized spacial score (nSPS) is 22.9. The highest BCUT2D eigenvalue weighted by molar-refractivity contribution is 6.31. The van der Waals surface area contributed by atoms with Crippen molar-refractivity contribution >= 4 is 17.6 Å².